The molecule has 3 fully saturated rings. The number of rotatable bonds is 4. The van der Waals surface area contributed by atoms with Gasteiger partial charge in [-0.15, -0.1) is 0 Å². The van der Waals surface area contributed by atoms with E-state index in [1.165, 1.54) is 37.8 Å². The smallest absolute Gasteiger partial charge is 0.411 e. The molecule has 32 heavy (non-hydrogen) atoms. The summed E-state index contributed by atoms with van der Waals surface area (Å²) in [5.74, 6) is 2.38. The van der Waals surface area contributed by atoms with E-state index in [2.05, 4.69) is 40.5 Å². The van der Waals surface area contributed by atoms with Crippen LogP contribution in [0, 0.1) is 11.8 Å². The molecule has 168 valence electrons. The molecule has 4 aliphatic rings. The summed E-state index contributed by atoms with van der Waals surface area (Å²) in [5.41, 5.74) is 2.08. The number of ether oxygens (including phenoxy) is 3. The molecule has 6 nitrogen and oxygen atoms in total. The minimum atomic E-state index is -0.372. The van der Waals surface area contributed by atoms with E-state index in [0.29, 0.717) is 41.1 Å². The minimum absolute atomic E-state index is 0.0135. The Labute approximate surface area is 188 Å². The lowest BCUT2D eigenvalue weighted by Crippen LogP contribution is -2.55. The first-order valence-electron chi connectivity index (χ1n) is 11.9. The van der Waals surface area contributed by atoms with Gasteiger partial charge in [0.25, 0.3) is 0 Å². The van der Waals surface area contributed by atoms with Gasteiger partial charge < -0.3 is 14.2 Å². The number of nitrogens with one attached hydrogen (secondary N) is 1. The second kappa shape index (κ2) is 8.32. The first-order valence-corrected chi connectivity index (χ1v) is 11.9. The molecule has 1 amide bonds. The van der Waals surface area contributed by atoms with Crippen molar-refractivity contribution in [2.75, 3.05) is 18.7 Å². The van der Waals surface area contributed by atoms with Crippen molar-refractivity contribution in [1.82, 2.24) is 4.90 Å². The lowest BCUT2D eigenvalue weighted by Gasteiger charge is -2.49. The highest BCUT2D eigenvalue weighted by molar-refractivity contribution is 5.85. The van der Waals surface area contributed by atoms with Gasteiger partial charge >= 0.3 is 6.09 Å². The van der Waals surface area contributed by atoms with Crippen molar-refractivity contribution in [3.8, 4) is 11.5 Å². The maximum atomic E-state index is 12.8. The zero-order valence-electron chi connectivity index (χ0n) is 18.2. The summed E-state index contributed by atoms with van der Waals surface area (Å²) in [6.07, 6.45) is 6.60. The highest BCUT2D eigenvalue weighted by Crippen LogP contribution is 2.49. The Kier molecular flexibility index (Phi) is 5.18. The quantitative estimate of drug-likeness (QED) is 0.746. The Balaban J connectivity index is 1.16. The zero-order valence-corrected chi connectivity index (χ0v) is 18.2. The molecule has 1 N–H and O–H groups in total. The number of benzene rings is 2. The summed E-state index contributed by atoms with van der Waals surface area (Å²) in [6, 6.07) is 17.3. The zero-order chi connectivity index (χ0) is 21.5. The molecule has 1 saturated carbocycles. The number of nitrogens with zero attached hydrogens (tertiary/aromatic N) is 1. The van der Waals surface area contributed by atoms with E-state index >= 15 is 0 Å². The van der Waals surface area contributed by atoms with Gasteiger partial charge in [0.15, 0.2) is 11.5 Å². The third-order valence-electron chi connectivity index (χ3n) is 7.81. The molecule has 0 spiro atoms. The number of anilines is 1. The van der Waals surface area contributed by atoms with Crippen LogP contribution in [0.5, 0.6) is 11.5 Å². The van der Waals surface area contributed by atoms with Crippen molar-refractivity contribution in [1.29, 1.82) is 0 Å². The van der Waals surface area contributed by atoms with Crippen LogP contribution in [0.2, 0.25) is 0 Å². The van der Waals surface area contributed by atoms with E-state index in [4.69, 9.17) is 14.2 Å². The maximum Gasteiger partial charge on any atom is 0.411 e. The highest BCUT2D eigenvalue weighted by atomic mass is 16.7. The topological polar surface area (TPSA) is 60.0 Å². The van der Waals surface area contributed by atoms with Crippen LogP contribution in [-0.4, -0.2) is 42.5 Å². The van der Waals surface area contributed by atoms with E-state index in [0.717, 1.165) is 12.8 Å². The molecule has 0 radical (unpaired) electrons. The van der Waals surface area contributed by atoms with Gasteiger partial charge in [-0.3, -0.25) is 10.2 Å². The average Bonchev–Trinajstić information content (AvgIpc) is 3.42. The van der Waals surface area contributed by atoms with Gasteiger partial charge in [0, 0.05) is 29.8 Å². The lowest BCUT2D eigenvalue weighted by atomic mass is 9.79. The monoisotopic (exact) mass is 434 g/mol. The van der Waals surface area contributed by atoms with Gasteiger partial charge in [0.2, 0.25) is 6.79 Å². The van der Waals surface area contributed by atoms with Crippen LogP contribution < -0.4 is 14.8 Å². The van der Waals surface area contributed by atoms with Gasteiger partial charge in [-0.1, -0.05) is 36.8 Å². The molecule has 0 aromatic heterocycles. The van der Waals surface area contributed by atoms with Gasteiger partial charge in [0.1, 0.15) is 6.10 Å². The van der Waals surface area contributed by atoms with Crippen molar-refractivity contribution in [2.24, 2.45) is 11.8 Å². The van der Waals surface area contributed by atoms with Crippen LogP contribution in [0.25, 0.3) is 0 Å². The van der Waals surface area contributed by atoms with Gasteiger partial charge in [-0.2, -0.15) is 0 Å². The van der Waals surface area contributed by atoms with E-state index in [1.54, 1.807) is 6.07 Å². The maximum absolute atomic E-state index is 12.8. The predicted molar refractivity (Wildman–Crippen MR) is 121 cm³/mol. The van der Waals surface area contributed by atoms with Crippen LogP contribution in [0.1, 0.15) is 37.7 Å². The fourth-order valence-electron chi connectivity index (χ4n) is 6.45. The highest BCUT2D eigenvalue weighted by Gasteiger charge is 2.52. The molecule has 2 aromatic carbocycles. The summed E-state index contributed by atoms with van der Waals surface area (Å²) in [6.45, 7) is 1.39. The molecular weight excluding hydrogens is 404 g/mol. The van der Waals surface area contributed by atoms with Gasteiger partial charge in [0.05, 0.1) is 0 Å². The third-order valence-corrected chi connectivity index (χ3v) is 7.81. The van der Waals surface area contributed by atoms with E-state index in [9.17, 15) is 4.79 Å². The van der Waals surface area contributed by atoms with Crippen molar-refractivity contribution in [3.05, 3.63) is 54.1 Å². The van der Waals surface area contributed by atoms with Crippen LogP contribution >= 0.6 is 0 Å². The summed E-state index contributed by atoms with van der Waals surface area (Å²) in [7, 11) is 0. The largest absolute Gasteiger partial charge is 0.454 e. The molecule has 6 heteroatoms. The Morgan fingerprint density at radius 1 is 1.06 bits per heavy atom. The normalized spacial score (nSPS) is 30.6. The van der Waals surface area contributed by atoms with Crippen molar-refractivity contribution in [3.63, 3.8) is 0 Å². The fourth-order valence-corrected chi connectivity index (χ4v) is 6.45. The molecule has 3 heterocycles. The Hall–Kier alpha value is -2.73. The van der Waals surface area contributed by atoms with E-state index in [-0.39, 0.29) is 19.0 Å². The molecule has 2 saturated heterocycles. The van der Waals surface area contributed by atoms with Crippen LogP contribution in [0.3, 0.4) is 0 Å². The molecule has 6 rings (SSSR count). The predicted octanol–water partition coefficient (Wildman–Crippen LogP) is 4.84. The number of piperidine rings is 2. The number of carbonyl (C=O) groups excluding carboxylic acids is 1. The minimum Gasteiger partial charge on any atom is -0.454 e. The molecule has 3 aliphatic heterocycles. The second-order valence-electron chi connectivity index (χ2n) is 9.59. The number of carbonyl (C=O) groups is 1. The Bertz CT molecular complexity index is 981. The van der Waals surface area contributed by atoms with Gasteiger partial charge in [-0.05, 0) is 62.3 Å². The molecule has 1 aliphatic carbocycles. The number of amides is 1. The molecule has 5 atom stereocenters. The Morgan fingerprint density at radius 3 is 2.84 bits per heavy atom. The second-order valence-corrected chi connectivity index (χ2v) is 9.59. The van der Waals surface area contributed by atoms with E-state index < -0.39 is 0 Å². The molecule has 3 unspecified atom stereocenters. The Morgan fingerprint density at radius 2 is 1.94 bits per heavy atom. The third kappa shape index (κ3) is 3.71. The molecular formula is C26H30N2O4. The van der Waals surface area contributed by atoms with E-state index in [1.807, 2.05) is 12.1 Å². The van der Waals surface area contributed by atoms with Crippen LogP contribution in [-0.2, 0) is 11.2 Å². The van der Waals surface area contributed by atoms with Crippen molar-refractivity contribution in [2.45, 2.75) is 56.7 Å². The summed E-state index contributed by atoms with van der Waals surface area (Å²) in [4.78, 5) is 15.5. The summed E-state index contributed by atoms with van der Waals surface area (Å²) in [5, 5.41) is 2.89. The average molecular weight is 435 g/mol. The first kappa shape index (κ1) is 19.9. The van der Waals surface area contributed by atoms with Crippen molar-refractivity contribution < 1.29 is 19.0 Å². The number of hydrogen-bond donors (Lipinski definition) is 1. The van der Waals surface area contributed by atoms with Crippen LogP contribution in [0.4, 0.5) is 10.5 Å². The summed E-state index contributed by atoms with van der Waals surface area (Å²) < 4.78 is 16.8. The SMILES string of the molecule is O=C(Nc1ccc2c(c1)OCO2)OC1CC2CC1[C@H]1CCCCN1[C@H]2Cc1ccccc1. The molecule has 2 aromatic rings. The first-order chi connectivity index (χ1) is 15.7. The standard InChI is InChI=1S/C26H30N2O4/c29-26(27-19-9-10-23-25(15-19)31-16-30-23)32-24-14-18-13-20(24)21-8-4-5-11-28(21)22(18)12-17-6-2-1-3-7-17/h1-3,6-7,9-10,15,18,20-22,24H,4-5,8,11-14,16H2,(H,27,29)/t18?,20?,21-,22+,24?/m1/s1. The number of hydrogen-bond acceptors (Lipinski definition) is 5. The van der Waals surface area contributed by atoms with Crippen LogP contribution in [0.15, 0.2) is 48.5 Å². The fraction of sp³-hybridized carbons (Fsp3) is 0.500. The lowest BCUT2D eigenvalue weighted by molar-refractivity contribution is -0.0144. The van der Waals surface area contributed by atoms with Gasteiger partial charge in [-0.25, -0.2) is 4.79 Å². The van der Waals surface area contributed by atoms with Crippen molar-refractivity contribution >= 4 is 11.8 Å². The number of fused-ring (bicyclic) bond motifs is 5. The molecule has 2 bridgehead atoms. The summed E-state index contributed by atoms with van der Waals surface area (Å²) >= 11 is 0.